The van der Waals surface area contributed by atoms with E-state index in [1.54, 1.807) is 0 Å². The summed E-state index contributed by atoms with van der Waals surface area (Å²) in [5.74, 6) is -0.527. The lowest BCUT2D eigenvalue weighted by Gasteiger charge is -2.17. The zero-order valence-corrected chi connectivity index (χ0v) is 12.4. The fraction of sp³-hybridized carbons (Fsp3) is 0.750. The first-order valence-corrected chi connectivity index (χ1v) is 7.08. The molecule has 0 aromatic carbocycles. The molecule has 2 heterocycles. The summed E-state index contributed by atoms with van der Waals surface area (Å²) in [4.78, 5) is 12.6. The highest BCUT2D eigenvalue weighted by molar-refractivity contribution is 7.08. The fourth-order valence-corrected chi connectivity index (χ4v) is 2.62. The van der Waals surface area contributed by atoms with Crippen LogP contribution in [0.5, 0.6) is 0 Å². The summed E-state index contributed by atoms with van der Waals surface area (Å²) in [5, 5.41) is 6.84. The van der Waals surface area contributed by atoms with Gasteiger partial charge in [-0.15, -0.1) is 5.10 Å². The molecule has 0 radical (unpaired) electrons. The number of hydrogen-bond acceptors (Lipinski definition) is 6. The second-order valence-corrected chi connectivity index (χ2v) is 6.06. The van der Waals surface area contributed by atoms with Crippen LogP contribution in [-0.4, -0.2) is 40.5 Å². The predicted molar refractivity (Wildman–Crippen MR) is 71.2 cm³/mol. The Morgan fingerprint density at radius 3 is 2.89 bits per heavy atom. The molecule has 1 aromatic rings. The highest BCUT2D eigenvalue weighted by Gasteiger charge is 2.33. The number of nitrogens with zero attached hydrogens (tertiary/aromatic N) is 2. The Kier molecular flexibility index (Phi) is 4.17. The summed E-state index contributed by atoms with van der Waals surface area (Å²) in [6, 6.07) is 0. The predicted octanol–water partition coefficient (Wildman–Crippen LogP) is 1.54. The van der Waals surface area contributed by atoms with Crippen LogP contribution in [0.4, 0.5) is 0 Å². The van der Waals surface area contributed by atoms with Gasteiger partial charge in [-0.2, -0.15) is 0 Å². The van der Waals surface area contributed by atoms with Crippen molar-refractivity contribution >= 4 is 17.4 Å². The maximum atomic E-state index is 12.1. The van der Waals surface area contributed by atoms with Crippen LogP contribution < -0.4 is 5.32 Å². The molecule has 106 valence electrons. The first-order chi connectivity index (χ1) is 8.89. The number of amides is 1. The van der Waals surface area contributed by atoms with Crippen molar-refractivity contribution in [2.45, 2.75) is 45.5 Å². The van der Waals surface area contributed by atoms with Crippen LogP contribution in [0.1, 0.15) is 49.0 Å². The third-order valence-corrected chi connectivity index (χ3v) is 3.56. The topological polar surface area (TPSA) is 73.3 Å². The second kappa shape index (κ2) is 5.52. The Morgan fingerprint density at radius 1 is 1.58 bits per heavy atom. The van der Waals surface area contributed by atoms with E-state index in [1.165, 1.54) is 0 Å². The van der Waals surface area contributed by atoms with Crippen molar-refractivity contribution in [1.29, 1.82) is 0 Å². The molecule has 6 nitrogen and oxygen atoms in total. The van der Waals surface area contributed by atoms with Gasteiger partial charge in [-0.25, -0.2) is 0 Å². The Bertz CT molecular complexity index is 459. The first kappa shape index (κ1) is 14.4. The number of nitrogens with one attached hydrogen (secondary N) is 1. The highest BCUT2D eigenvalue weighted by Crippen LogP contribution is 2.22. The fourth-order valence-electron chi connectivity index (χ4n) is 1.88. The third kappa shape index (κ3) is 3.49. The largest absolute Gasteiger partial charge is 0.349 e. The first-order valence-electron chi connectivity index (χ1n) is 6.31. The van der Waals surface area contributed by atoms with E-state index in [-0.39, 0.29) is 17.9 Å². The molecule has 1 atom stereocenters. The van der Waals surface area contributed by atoms with E-state index in [4.69, 9.17) is 9.47 Å². The minimum atomic E-state index is -0.565. The Hall–Kier alpha value is -1.05. The lowest BCUT2D eigenvalue weighted by molar-refractivity contribution is -0.137. The maximum Gasteiger partial charge on any atom is 0.265 e. The molecular formula is C12H19N3O3S. The van der Waals surface area contributed by atoms with Crippen molar-refractivity contribution in [1.82, 2.24) is 14.9 Å². The van der Waals surface area contributed by atoms with Gasteiger partial charge in [-0.05, 0) is 31.3 Å². The Balaban J connectivity index is 1.90. The minimum absolute atomic E-state index is 0.109. The monoisotopic (exact) mass is 285 g/mol. The van der Waals surface area contributed by atoms with Crippen molar-refractivity contribution in [2.24, 2.45) is 0 Å². The summed E-state index contributed by atoms with van der Waals surface area (Å²) < 4.78 is 14.9. The molecule has 0 aliphatic carbocycles. The minimum Gasteiger partial charge on any atom is -0.349 e. The summed E-state index contributed by atoms with van der Waals surface area (Å²) in [5.41, 5.74) is 0.742. The Morgan fingerprint density at radius 2 is 2.32 bits per heavy atom. The summed E-state index contributed by atoms with van der Waals surface area (Å²) in [7, 11) is 0. The van der Waals surface area contributed by atoms with Crippen molar-refractivity contribution in [3.8, 4) is 0 Å². The van der Waals surface area contributed by atoms with Crippen LogP contribution in [0.3, 0.4) is 0 Å². The normalized spacial score (nSPS) is 21.8. The van der Waals surface area contributed by atoms with Crippen molar-refractivity contribution in [2.75, 3.05) is 13.2 Å². The zero-order chi connectivity index (χ0) is 14.0. The molecule has 1 aromatic heterocycles. The van der Waals surface area contributed by atoms with E-state index >= 15 is 0 Å². The number of carbonyl (C=O) groups excluding carboxylic acids is 1. The molecule has 1 unspecified atom stereocenters. The van der Waals surface area contributed by atoms with Crippen molar-refractivity contribution in [3.05, 3.63) is 10.6 Å². The van der Waals surface area contributed by atoms with E-state index in [1.807, 2.05) is 27.7 Å². The molecule has 1 saturated heterocycles. The van der Waals surface area contributed by atoms with E-state index in [2.05, 4.69) is 14.9 Å². The average molecular weight is 285 g/mol. The average Bonchev–Trinajstić information content (AvgIpc) is 2.92. The van der Waals surface area contributed by atoms with E-state index in [0.717, 1.165) is 17.2 Å². The number of ether oxygens (including phenoxy) is 2. The zero-order valence-electron chi connectivity index (χ0n) is 11.6. The molecule has 1 N–H and O–H groups in total. The maximum absolute atomic E-state index is 12.1. The summed E-state index contributed by atoms with van der Waals surface area (Å²) in [6.07, 6.45) is -0.109. The van der Waals surface area contributed by atoms with Crippen LogP contribution >= 0.6 is 11.5 Å². The van der Waals surface area contributed by atoms with Crippen molar-refractivity contribution in [3.63, 3.8) is 0 Å². The van der Waals surface area contributed by atoms with Gasteiger partial charge in [0.2, 0.25) is 0 Å². The molecule has 7 heteroatoms. The summed E-state index contributed by atoms with van der Waals surface area (Å²) >= 11 is 1.12. The molecule has 2 rings (SSSR count). The molecular weight excluding hydrogens is 266 g/mol. The van der Waals surface area contributed by atoms with Crippen LogP contribution in [0.25, 0.3) is 0 Å². The SMILES string of the molecule is CC(C)c1nnsc1C(=O)NCC1COC(C)(C)O1. The molecule has 0 spiro atoms. The standard InChI is InChI=1S/C12H19N3O3S/c1-7(2)9-10(19-15-14-9)11(16)13-5-8-6-17-12(3,4)18-8/h7-8H,5-6H2,1-4H3,(H,13,16). The van der Waals surface area contributed by atoms with Crippen LogP contribution in [0.15, 0.2) is 0 Å². The van der Waals surface area contributed by atoms with Gasteiger partial charge in [-0.1, -0.05) is 18.3 Å². The van der Waals surface area contributed by atoms with E-state index in [0.29, 0.717) is 18.0 Å². The van der Waals surface area contributed by atoms with Crippen LogP contribution in [0, 0.1) is 0 Å². The number of hydrogen-bond donors (Lipinski definition) is 1. The van der Waals surface area contributed by atoms with Gasteiger partial charge in [-0.3, -0.25) is 4.79 Å². The lowest BCUT2D eigenvalue weighted by Crippen LogP contribution is -2.34. The number of aromatic nitrogens is 2. The van der Waals surface area contributed by atoms with Gasteiger partial charge in [0, 0.05) is 6.54 Å². The Labute approximate surface area is 116 Å². The van der Waals surface area contributed by atoms with Gasteiger partial charge >= 0.3 is 0 Å². The molecule has 19 heavy (non-hydrogen) atoms. The van der Waals surface area contributed by atoms with Gasteiger partial charge < -0.3 is 14.8 Å². The second-order valence-electron chi connectivity index (χ2n) is 5.30. The highest BCUT2D eigenvalue weighted by atomic mass is 32.1. The smallest absolute Gasteiger partial charge is 0.265 e. The van der Waals surface area contributed by atoms with E-state index < -0.39 is 5.79 Å². The molecule has 0 bridgehead atoms. The lowest BCUT2D eigenvalue weighted by atomic mass is 10.1. The molecule has 1 amide bonds. The van der Waals surface area contributed by atoms with E-state index in [9.17, 15) is 4.79 Å². The van der Waals surface area contributed by atoms with Crippen LogP contribution in [0.2, 0.25) is 0 Å². The quantitative estimate of drug-likeness (QED) is 0.908. The van der Waals surface area contributed by atoms with Gasteiger partial charge in [0.25, 0.3) is 5.91 Å². The molecule has 1 aliphatic rings. The third-order valence-electron chi connectivity index (χ3n) is 2.82. The molecule has 1 fully saturated rings. The number of carbonyl (C=O) groups is 1. The molecule has 1 aliphatic heterocycles. The number of rotatable bonds is 4. The van der Waals surface area contributed by atoms with Crippen molar-refractivity contribution < 1.29 is 14.3 Å². The van der Waals surface area contributed by atoms with Gasteiger partial charge in [0.15, 0.2) is 5.79 Å². The molecule has 0 saturated carbocycles. The van der Waals surface area contributed by atoms with Gasteiger partial charge in [0.1, 0.15) is 11.0 Å². The van der Waals surface area contributed by atoms with Crippen LogP contribution in [-0.2, 0) is 9.47 Å². The van der Waals surface area contributed by atoms with Gasteiger partial charge in [0.05, 0.1) is 12.3 Å². The summed E-state index contributed by atoms with van der Waals surface area (Å²) in [6.45, 7) is 8.62.